The number of aromatic nitrogens is 3. The minimum atomic E-state index is 0. The van der Waals surface area contributed by atoms with E-state index in [1.165, 1.54) is 5.56 Å². The Kier molecular flexibility index (Phi) is 7.64. The van der Waals surface area contributed by atoms with Crippen LogP contribution in [0.5, 0.6) is 5.75 Å². The van der Waals surface area contributed by atoms with Crippen molar-refractivity contribution in [2.45, 2.75) is 13.0 Å². The van der Waals surface area contributed by atoms with E-state index in [2.05, 4.69) is 38.0 Å². The number of rotatable bonds is 6. The van der Waals surface area contributed by atoms with Crippen LogP contribution in [0, 0.1) is 0 Å². The third kappa shape index (κ3) is 5.07. The second-order valence-corrected chi connectivity index (χ2v) is 5.50. The van der Waals surface area contributed by atoms with Crippen LogP contribution < -0.4 is 15.4 Å². The molecule has 0 aliphatic carbocycles. The third-order valence-corrected chi connectivity index (χ3v) is 3.89. The van der Waals surface area contributed by atoms with Crippen molar-refractivity contribution in [1.29, 1.82) is 0 Å². The first-order chi connectivity index (χ1) is 12.3. The van der Waals surface area contributed by atoms with E-state index in [9.17, 15) is 0 Å². The summed E-state index contributed by atoms with van der Waals surface area (Å²) in [5.74, 6) is 2.45. The molecule has 0 unspecified atom stereocenters. The number of aliphatic imine (C=N–C) groups is 1. The first-order valence-electron chi connectivity index (χ1n) is 8.16. The Hall–Kier alpha value is -2.36. The van der Waals surface area contributed by atoms with Crippen LogP contribution in [0.15, 0.2) is 53.7 Å². The van der Waals surface area contributed by atoms with E-state index in [0.717, 1.165) is 36.1 Å². The highest BCUT2D eigenvalue weighted by Gasteiger charge is 2.05. The molecule has 0 aliphatic heterocycles. The Bertz CT molecular complexity index is 846. The second-order valence-electron chi connectivity index (χ2n) is 5.50. The van der Waals surface area contributed by atoms with Crippen molar-refractivity contribution in [2.75, 3.05) is 20.7 Å². The number of methoxy groups -OCH3 is 1. The number of hydrogen-bond donors (Lipinski definition) is 2. The summed E-state index contributed by atoms with van der Waals surface area (Å²) in [5.41, 5.74) is 2.08. The number of pyridine rings is 1. The molecule has 138 valence electrons. The van der Waals surface area contributed by atoms with E-state index in [1.807, 2.05) is 40.9 Å². The minimum absolute atomic E-state index is 0. The SMILES string of the molecule is CN=C(NCCc1ccc(OC)cc1)NCc1nnc2ccccn12.I. The molecule has 0 aliphatic rings. The highest BCUT2D eigenvalue weighted by Crippen LogP contribution is 2.11. The molecule has 8 heteroatoms. The molecule has 0 radical (unpaired) electrons. The van der Waals surface area contributed by atoms with Crippen molar-refractivity contribution in [3.05, 3.63) is 60.0 Å². The van der Waals surface area contributed by atoms with Crippen LogP contribution >= 0.6 is 24.0 Å². The summed E-state index contributed by atoms with van der Waals surface area (Å²) >= 11 is 0. The molecule has 7 nitrogen and oxygen atoms in total. The number of hydrogen-bond acceptors (Lipinski definition) is 4. The van der Waals surface area contributed by atoms with Gasteiger partial charge in [-0.15, -0.1) is 34.2 Å². The molecule has 0 atom stereocenters. The van der Waals surface area contributed by atoms with Crippen LogP contribution in [-0.4, -0.2) is 41.3 Å². The van der Waals surface area contributed by atoms with Crippen LogP contribution in [0.4, 0.5) is 0 Å². The van der Waals surface area contributed by atoms with Gasteiger partial charge in [0, 0.05) is 19.8 Å². The molecule has 26 heavy (non-hydrogen) atoms. The van der Waals surface area contributed by atoms with E-state index in [0.29, 0.717) is 6.54 Å². The van der Waals surface area contributed by atoms with E-state index < -0.39 is 0 Å². The van der Waals surface area contributed by atoms with Gasteiger partial charge in [-0.25, -0.2) is 0 Å². The van der Waals surface area contributed by atoms with Crippen LogP contribution in [0.25, 0.3) is 5.65 Å². The molecule has 0 bridgehead atoms. The number of fused-ring (bicyclic) bond motifs is 1. The Balaban J connectivity index is 0.00000243. The van der Waals surface area contributed by atoms with Gasteiger partial charge in [-0.2, -0.15) is 0 Å². The monoisotopic (exact) mass is 466 g/mol. The highest BCUT2D eigenvalue weighted by molar-refractivity contribution is 14.0. The van der Waals surface area contributed by atoms with Crippen LogP contribution in [0.1, 0.15) is 11.4 Å². The van der Waals surface area contributed by atoms with Gasteiger partial charge in [0.2, 0.25) is 0 Å². The summed E-state index contributed by atoms with van der Waals surface area (Å²) in [5, 5.41) is 14.9. The first-order valence-corrected chi connectivity index (χ1v) is 8.16. The number of nitrogens with one attached hydrogen (secondary N) is 2. The Morgan fingerprint density at radius 3 is 2.65 bits per heavy atom. The summed E-state index contributed by atoms with van der Waals surface area (Å²) in [7, 11) is 3.43. The molecular weight excluding hydrogens is 443 g/mol. The molecule has 0 fully saturated rings. The molecule has 2 N–H and O–H groups in total. The fraction of sp³-hybridized carbons (Fsp3) is 0.278. The molecule has 3 aromatic rings. The standard InChI is InChI=1S/C18H22N6O.HI/c1-19-18(20-11-10-14-6-8-15(25-2)9-7-14)21-13-17-23-22-16-5-3-4-12-24(16)17;/h3-9,12H,10-11,13H2,1-2H3,(H2,19,20,21);1H. The van der Waals surface area contributed by atoms with Gasteiger partial charge in [0.25, 0.3) is 0 Å². The number of guanidine groups is 1. The lowest BCUT2D eigenvalue weighted by atomic mass is 10.1. The van der Waals surface area contributed by atoms with Crippen molar-refractivity contribution >= 4 is 35.6 Å². The van der Waals surface area contributed by atoms with Crippen molar-refractivity contribution < 1.29 is 4.74 Å². The maximum atomic E-state index is 5.17. The van der Waals surface area contributed by atoms with Gasteiger partial charge >= 0.3 is 0 Å². The van der Waals surface area contributed by atoms with Gasteiger partial charge in [-0.05, 0) is 36.2 Å². The third-order valence-electron chi connectivity index (χ3n) is 3.89. The van der Waals surface area contributed by atoms with Gasteiger partial charge in [0.15, 0.2) is 17.4 Å². The van der Waals surface area contributed by atoms with Crippen LogP contribution in [0.3, 0.4) is 0 Å². The lowest BCUT2D eigenvalue weighted by Crippen LogP contribution is -2.38. The van der Waals surface area contributed by atoms with Crippen LogP contribution in [-0.2, 0) is 13.0 Å². The second kappa shape index (κ2) is 9.95. The largest absolute Gasteiger partial charge is 0.497 e. The zero-order chi connectivity index (χ0) is 17.5. The lowest BCUT2D eigenvalue weighted by molar-refractivity contribution is 0.414. The average Bonchev–Trinajstić information content (AvgIpc) is 3.08. The molecule has 2 aromatic heterocycles. The molecule has 2 heterocycles. The van der Waals surface area contributed by atoms with Gasteiger partial charge in [0.1, 0.15) is 5.75 Å². The van der Waals surface area contributed by atoms with E-state index in [1.54, 1.807) is 14.2 Å². The zero-order valence-corrected chi connectivity index (χ0v) is 17.2. The summed E-state index contributed by atoms with van der Waals surface area (Å²) < 4.78 is 7.13. The number of benzene rings is 1. The fourth-order valence-electron chi connectivity index (χ4n) is 2.51. The van der Waals surface area contributed by atoms with Crippen molar-refractivity contribution in [3.8, 4) is 5.75 Å². The van der Waals surface area contributed by atoms with Gasteiger partial charge in [-0.1, -0.05) is 18.2 Å². The quantitative estimate of drug-likeness (QED) is 0.331. The van der Waals surface area contributed by atoms with Crippen molar-refractivity contribution in [1.82, 2.24) is 25.2 Å². The maximum Gasteiger partial charge on any atom is 0.191 e. The molecule has 0 spiro atoms. The molecule has 1 aromatic carbocycles. The van der Waals surface area contributed by atoms with E-state index >= 15 is 0 Å². The summed E-state index contributed by atoms with van der Waals surface area (Å²) in [4.78, 5) is 4.24. The van der Waals surface area contributed by atoms with Crippen LogP contribution in [0.2, 0.25) is 0 Å². The number of ether oxygens (including phenoxy) is 1. The lowest BCUT2D eigenvalue weighted by Gasteiger charge is -2.11. The first kappa shape index (κ1) is 20.0. The van der Waals surface area contributed by atoms with Gasteiger partial charge in [-0.3, -0.25) is 9.39 Å². The molecular formula is C18H23IN6O. The maximum absolute atomic E-state index is 5.17. The Morgan fingerprint density at radius 2 is 1.92 bits per heavy atom. The summed E-state index contributed by atoms with van der Waals surface area (Å²) in [6, 6.07) is 13.9. The summed E-state index contributed by atoms with van der Waals surface area (Å²) in [6.45, 7) is 1.33. The molecule has 3 rings (SSSR count). The molecule has 0 amide bonds. The van der Waals surface area contributed by atoms with Gasteiger partial charge in [0.05, 0.1) is 13.7 Å². The summed E-state index contributed by atoms with van der Waals surface area (Å²) in [6.07, 6.45) is 2.85. The highest BCUT2D eigenvalue weighted by atomic mass is 127. The van der Waals surface area contributed by atoms with E-state index in [-0.39, 0.29) is 24.0 Å². The minimum Gasteiger partial charge on any atom is -0.497 e. The average molecular weight is 466 g/mol. The topological polar surface area (TPSA) is 75.8 Å². The smallest absolute Gasteiger partial charge is 0.191 e. The Labute approximate surface area is 169 Å². The van der Waals surface area contributed by atoms with Gasteiger partial charge < -0.3 is 15.4 Å². The van der Waals surface area contributed by atoms with Crippen molar-refractivity contribution in [3.63, 3.8) is 0 Å². The fourth-order valence-corrected chi connectivity index (χ4v) is 2.51. The predicted octanol–water partition coefficient (Wildman–Crippen LogP) is 2.26. The van der Waals surface area contributed by atoms with E-state index in [4.69, 9.17) is 4.74 Å². The Morgan fingerprint density at radius 1 is 1.12 bits per heavy atom. The van der Waals surface area contributed by atoms with Crippen molar-refractivity contribution in [2.24, 2.45) is 4.99 Å². The number of halogens is 1. The zero-order valence-electron chi connectivity index (χ0n) is 14.8. The molecule has 0 saturated carbocycles. The normalized spacial score (nSPS) is 11.1. The predicted molar refractivity (Wildman–Crippen MR) is 113 cm³/mol. The molecule has 0 saturated heterocycles. The number of nitrogens with zero attached hydrogens (tertiary/aromatic N) is 4.